The number of unbranched alkanes of at least 4 members (excludes halogenated alkanes) is 2. The van der Waals surface area contributed by atoms with E-state index in [0.717, 1.165) is 62.3 Å². The Morgan fingerprint density at radius 2 is 1.56 bits per heavy atom. The Hall–Kier alpha value is -1.46. The van der Waals surface area contributed by atoms with E-state index in [-0.39, 0.29) is 5.91 Å². The van der Waals surface area contributed by atoms with Crippen molar-refractivity contribution in [3.63, 3.8) is 0 Å². The Morgan fingerprint density at radius 3 is 2.12 bits per heavy atom. The van der Waals surface area contributed by atoms with E-state index in [1.54, 1.807) is 12.1 Å². The molecule has 174 valence electrons. The number of hydrogen-bond donors (Lipinski definition) is 1. The highest BCUT2D eigenvalue weighted by atomic mass is 35.6. The van der Waals surface area contributed by atoms with Crippen LogP contribution in [-0.4, -0.2) is 40.5 Å². The summed E-state index contributed by atoms with van der Waals surface area (Å²) in [6.07, 6.45) is 5.99. The number of likely N-dealkylation sites (tertiary alicyclic amines) is 1. The maximum Gasteiger partial charge on any atom is 0.252 e. The van der Waals surface area contributed by atoms with Crippen molar-refractivity contribution in [3.8, 4) is 16.9 Å². The van der Waals surface area contributed by atoms with Crippen molar-refractivity contribution in [3.05, 3.63) is 54.1 Å². The molecule has 1 aliphatic rings. The number of carbonyl (C=O) groups is 1. The van der Waals surface area contributed by atoms with Crippen LogP contribution in [0.25, 0.3) is 11.1 Å². The second-order valence-electron chi connectivity index (χ2n) is 8.17. The molecule has 0 bridgehead atoms. The monoisotopic (exact) mass is 496 g/mol. The van der Waals surface area contributed by atoms with Gasteiger partial charge in [-0.25, -0.2) is 0 Å². The summed E-state index contributed by atoms with van der Waals surface area (Å²) in [7, 11) is 0. The first-order chi connectivity index (χ1) is 15.4. The summed E-state index contributed by atoms with van der Waals surface area (Å²) >= 11 is 18.6. The van der Waals surface area contributed by atoms with Gasteiger partial charge in [-0.15, -0.1) is 0 Å². The van der Waals surface area contributed by atoms with Gasteiger partial charge in [0, 0.05) is 18.7 Å². The molecule has 0 radical (unpaired) electrons. The lowest BCUT2D eigenvalue weighted by atomic mass is 10.0. The number of ether oxygens (including phenoxy) is 1. The van der Waals surface area contributed by atoms with Crippen LogP contribution in [0.2, 0.25) is 0 Å². The Balaban J connectivity index is 1.62. The van der Waals surface area contributed by atoms with E-state index in [1.165, 1.54) is 12.8 Å². The van der Waals surface area contributed by atoms with E-state index in [4.69, 9.17) is 39.5 Å². The molecule has 1 N–H and O–H groups in total. The summed E-state index contributed by atoms with van der Waals surface area (Å²) in [5.41, 5.74) is 2.61. The minimum absolute atomic E-state index is 0.255. The molecule has 2 aromatic rings. The van der Waals surface area contributed by atoms with Gasteiger partial charge in [0.1, 0.15) is 11.9 Å². The van der Waals surface area contributed by atoms with Gasteiger partial charge in [0.05, 0.1) is 6.61 Å². The van der Waals surface area contributed by atoms with Crippen LogP contribution in [0.3, 0.4) is 0 Å². The third-order valence-corrected chi connectivity index (χ3v) is 6.31. The zero-order valence-corrected chi connectivity index (χ0v) is 20.7. The highest BCUT2D eigenvalue weighted by Gasteiger charge is 2.39. The molecule has 0 saturated carbocycles. The minimum Gasteiger partial charge on any atom is -0.494 e. The van der Waals surface area contributed by atoms with E-state index in [2.05, 4.69) is 12.2 Å². The quantitative estimate of drug-likeness (QED) is 0.305. The molecule has 4 nitrogen and oxygen atoms in total. The van der Waals surface area contributed by atoms with Gasteiger partial charge in [0.25, 0.3) is 5.91 Å². The van der Waals surface area contributed by atoms with Crippen LogP contribution >= 0.6 is 34.8 Å². The number of carbonyl (C=O) groups excluding carboxylic acids is 1. The van der Waals surface area contributed by atoms with Crippen LogP contribution in [-0.2, 0) is 0 Å². The number of hydrogen-bond acceptors (Lipinski definition) is 3. The Morgan fingerprint density at radius 1 is 0.969 bits per heavy atom. The summed E-state index contributed by atoms with van der Waals surface area (Å²) in [4.78, 5) is 14.9. The lowest BCUT2D eigenvalue weighted by Crippen LogP contribution is -2.56. The summed E-state index contributed by atoms with van der Waals surface area (Å²) in [6.45, 7) is 4.52. The topological polar surface area (TPSA) is 41.6 Å². The number of nitrogens with zero attached hydrogens (tertiary/aromatic N) is 1. The smallest absolute Gasteiger partial charge is 0.252 e. The van der Waals surface area contributed by atoms with E-state index in [9.17, 15) is 4.79 Å². The second kappa shape index (κ2) is 12.1. The number of benzene rings is 2. The summed E-state index contributed by atoms with van der Waals surface area (Å²) in [5.74, 6) is 0.616. The van der Waals surface area contributed by atoms with Crippen LogP contribution in [0, 0.1) is 0 Å². The third kappa shape index (κ3) is 7.28. The summed E-state index contributed by atoms with van der Waals surface area (Å²) in [6, 6.07) is 15.5. The van der Waals surface area contributed by atoms with E-state index in [1.807, 2.05) is 41.3 Å². The molecule has 7 heteroatoms. The number of halogens is 3. The molecule has 1 aliphatic heterocycles. The molecular formula is C25H31Cl3N2O2. The highest BCUT2D eigenvalue weighted by molar-refractivity contribution is 6.68. The zero-order valence-electron chi connectivity index (χ0n) is 18.5. The molecule has 2 aromatic carbocycles. The van der Waals surface area contributed by atoms with Crippen molar-refractivity contribution in [2.24, 2.45) is 0 Å². The van der Waals surface area contributed by atoms with Crippen LogP contribution in [0.5, 0.6) is 5.75 Å². The van der Waals surface area contributed by atoms with E-state index >= 15 is 0 Å². The zero-order chi connectivity index (χ0) is 23.0. The molecule has 1 fully saturated rings. The van der Waals surface area contributed by atoms with E-state index in [0.29, 0.717) is 5.56 Å². The molecule has 1 heterocycles. The number of rotatable bonds is 9. The molecule has 32 heavy (non-hydrogen) atoms. The van der Waals surface area contributed by atoms with Crippen molar-refractivity contribution < 1.29 is 9.53 Å². The minimum atomic E-state index is -1.60. The molecule has 1 saturated heterocycles. The fraction of sp³-hybridized carbons (Fsp3) is 0.480. The fourth-order valence-corrected chi connectivity index (χ4v) is 4.44. The first kappa shape index (κ1) is 25.2. The van der Waals surface area contributed by atoms with Crippen molar-refractivity contribution >= 4 is 40.7 Å². The lowest BCUT2D eigenvalue weighted by molar-refractivity contribution is 0.0819. The van der Waals surface area contributed by atoms with Crippen LogP contribution in [0.1, 0.15) is 55.8 Å². The molecule has 1 amide bonds. The maximum atomic E-state index is 12.9. The number of amides is 1. The molecule has 0 unspecified atom stereocenters. The van der Waals surface area contributed by atoms with Gasteiger partial charge in [-0.3, -0.25) is 9.69 Å². The van der Waals surface area contributed by atoms with Crippen molar-refractivity contribution in [1.82, 2.24) is 10.2 Å². The summed E-state index contributed by atoms with van der Waals surface area (Å²) < 4.78 is 4.17. The SMILES string of the molecule is CCCCCOc1ccc(-c2ccc(C(=O)N[C@H](N3CCCCC3)C(Cl)(Cl)Cl)cc2)cc1. The van der Waals surface area contributed by atoms with Gasteiger partial charge in [0.15, 0.2) is 0 Å². The fourth-order valence-electron chi connectivity index (χ4n) is 3.86. The standard InChI is InChI=1S/C25H31Cl3N2O2/c1-2-3-7-18-32-22-14-12-20(13-15-22)19-8-10-21(11-9-19)23(31)29-24(25(26,27)28)30-16-5-4-6-17-30/h8-15,24H,2-7,16-18H2,1H3,(H,29,31)/t24-/m1/s1. The van der Waals surface area contributed by atoms with Gasteiger partial charge >= 0.3 is 0 Å². The predicted molar refractivity (Wildman–Crippen MR) is 134 cm³/mol. The van der Waals surface area contributed by atoms with Gasteiger partial charge in [0.2, 0.25) is 3.79 Å². The first-order valence-corrected chi connectivity index (χ1v) is 12.5. The number of alkyl halides is 3. The van der Waals surface area contributed by atoms with Crippen LogP contribution in [0.4, 0.5) is 0 Å². The molecular weight excluding hydrogens is 467 g/mol. The van der Waals surface area contributed by atoms with Crippen LogP contribution < -0.4 is 10.1 Å². The first-order valence-electron chi connectivity index (χ1n) is 11.3. The highest BCUT2D eigenvalue weighted by Crippen LogP contribution is 2.33. The summed E-state index contributed by atoms with van der Waals surface area (Å²) in [5, 5.41) is 2.91. The Labute approximate surface area is 206 Å². The lowest BCUT2D eigenvalue weighted by Gasteiger charge is -2.38. The van der Waals surface area contributed by atoms with E-state index < -0.39 is 9.96 Å². The van der Waals surface area contributed by atoms with Crippen molar-refractivity contribution in [1.29, 1.82) is 0 Å². The average molecular weight is 498 g/mol. The Kier molecular flexibility index (Phi) is 9.54. The van der Waals surface area contributed by atoms with Gasteiger partial charge in [-0.05, 0) is 54.7 Å². The normalized spacial score (nSPS) is 15.9. The third-order valence-electron chi connectivity index (χ3n) is 5.69. The maximum absolute atomic E-state index is 12.9. The van der Waals surface area contributed by atoms with Crippen molar-refractivity contribution in [2.45, 2.75) is 55.4 Å². The molecule has 0 aromatic heterocycles. The van der Waals surface area contributed by atoms with Gasteiger partial charge < -0.3 is 10.1 Å². The average Bonchev–Trinajstić information content (AvgIpc) is 2.80. The molecule has 3 rings (SSSR count). The van der Waals surface area contributed by atoms with Crippen molar-refractivity contribution in [2.75, 3.05) is 19.7 Å². The second-order valence-corrected chi connectivity index (χ2v) is 10.5. The molecule has 0 aliphatic carbocycles. The molecule has 1 atom stereocenters. The molecule has 0 spiro atoms. The van der Waals surface area contributed by atoms with Gasteiger partial charge in [-0.2, -0.15) is 0 Å². The van der Waals surface area contributed by atoms with Crippen LogP contribution in [0.15, 0.2) is 48.5 Å². The number of piperidine rings is 1. The number of nitrogens with one attached hydrogen (secondary N) is 1. The Bertz CT molecular complexity index is 845. The predicted octanol–water partition coefficient (Wildman–Crippen LogP) is 6.83. The largest absolute Gasteiger partial charge is 0.494 e. The van der Waals surface area contributed by atoms with Gasteiger partial charge in [-0.1, -0.05) is 85.3 Å².